The number of hydrogen-bond donors (Lipinski definition) is 1. The summed E-state index contributed by atoms with van der Waals surface area (Å²) in [6, 6.07) is 4.65. The van der Waals surface area contributed by atoms with Gasteiger partial charge in [0, 0.05) is 10.8 Å². The van der Waals surface area contributed by atoms with Crippen LogP contribution < -0.4 is 4.72 Å². The van der Waals surface area contributed by atoms with Crippen molar-refractivity contribution in [1.82, 2.24) is 4.98 Å². The third kappa shape index (κ3) is 3.34. The van der Waals surface area contributed by atoms with Crippen molar-refractivity contribution in [2.75, 3.05) is 4.72 Å². The minimum Gasteiger partial charge on any atom is -0.255 e. The number of nitrogens with one attached hydrogen (secondary N) is 1. The highest BCUT2D eigenvalue weighted by Gasteiger charge is 2.20. The van der Waals surface area contributed by atoms with E-state index in [9.17, 15) is 12.8 Å². The fraction of sp³-hybridized carbons (Fsp3) is 0.308. The van der Waals surface area contributed by atoms with E-state index in [1.807, 2.05) is 26.2 Å². The van der Waals surface area contributed by atoms with Crippen molar-refractivity contribution in [3.05, 3.63) is 41.2 Å². The lowest BCUT2D eigenvalue weighted by atomic mass is 9.93. The largest absolute Gasteiger partial charge is 0.263 e. The Balaban J connectivity index is 2.25. The van der Waals surface area contributed by atoms with Gasteiger partial charge in [0.15, 0.2) is 5.13 Å². The van der Waals surface area contributed by atoms with Crippen LogP contribution in [0.4, 0.5) is 9.52 Å². The highest BCUT2D eigenvalue weighted by Crippen LogP contribution is 2.27. The number of sulfonamides is 1. The van der Waals surface area contributed by atoms with Crippen molar-refractivity contribution < 1.29 is 12.8 Å². The van der Waals surface area contributed by atoms with Crippen LogP contribution in [0, 0.1) is 5.82 Å². The van der Waals surface area contributed by atoms with Crippen molar-refractivity contribution in [2.45, 2.75) is 31.1 Å². The zero-order chi connectivity index (χ0) is 15.0. The number of halogens is 1. The van der Waals surface area contributed by atoms with Gasteiger partial charge in [-0.05, 0) is 24.3 Å². The van der Waals surface area contributed by atoms with Gasteiger partial charge in [-0.15, -0.1) is 11.3 Å². The summed E-state index contributed by atoms with van der Waals surface area (Å²) in [5.74, 6) is -0.479. The smallest absolute Gasteiger partial charge is 0.255 e. The minimum absolute atomic E-state index is 0.00593. The van der Waals surface area contributed by atoms with Gasteiger partial charge in [-0.1, -0.05) is 20.8 Å². The SMILES string of the molecule is CC(C)(C)c1csc(NS(=O)(=O)c2ccc(F)cc2)n1. The first-order chi connectivity index (χ1) is 9.18. The molecule has 1 heterocycles. The van der Waals surface area contributed by atoms with Gasteiger partial charge in [-0.25, -0.2) is 17.8 Å². The number of thiazole rings is 1. The van der Waals surface area contributed by atoms with Crippen LogP contribution in [0.3, 0.4) is 0 Å². The number of hydrogen-bond acceptors (Lipinski definition) is 4. The third-order valence-electron chi connectivity index (χ3n) is 2.62. The highest BCUT2D eigenvalue weighted by atomic mass is 32.2. The van der Waals surface area contributed by atoms with Crippen molar-refractivity contribution in [1.29, 1.82) is 0 Å². The van der Waals surface area contributed by atoms with Gasteiger partial charge in [0.2, 0.25) is 0 Å². The maximum atomic E-state index is 12.8. The summed E-state index contributed by atoms with van der Waals surface area (Å²) in [6.45, 7) is 6.00. The molecule has 2 rings (SSSR count). The summed E-state index contributed by atoms with van der Waals surface area (Å²) in [5.41, 5.74) is 0.676. The molecule has 20 heavy (non-hydrogen) atoms. The second-order valence-corrected chi connectivity index (χ2v) is 7.89. The molecule has 0 saturated heterocycles. The van der Waals surface area contributed by atoms with Crippen LogP contribution >= 0.6 is 11.3 Å². The number of benzene rings is 1. The summed E-state index contributed by atoms with van der Waals surface area (Å²) in [6.07, 6.45) is 0. The van der Waals surface area contributed by atoms with Crippen molar-refractivity contribution in [2.24, 2.45) is 0 Å². The molecule has 1 aromatic heterocycles. The lowest BCUT2D eigenvalue weighted by Gasteiger charge is -2.14. The van der Waals surface area contributed by atoms with E-state index in [1.165, 1.54) is 23.5 Å². The molecule has 0 unspecified atom stereocenters. The van der Waals surface area contributed by atoms with E-state index >= 15 is 0 Å². The zero-order valence-electron chi connectivity index (χ0n) is 11.3. The van der Waals surface area contributed by atoms with Gasteiger partial charge in [0.05, 0.1) is 10.6 Å². The van der Waals surface area contributed by atoms with Crippen LogP contribution in [-0.4, -0.2) is 13.4 Å². The lowest BCUT2D eigenvalue weighted by molar-refractivity contribution is 0.573. The fourth-order valence-corrected chi connectivity index (χ4v) is 3.64. The Morgan fingerprint density at radius 1 is 1.20 bits per heavy atom. The Morgan fingerprint density at radius 3 is 2.30 bits per heavy atom. The molecule has 2 aromatic rings. The second kappa shape index (κ2) is 5.14. The van der Waals surface area contributed by atoms with E-state index in [-0.39, 0.29) is 10.3 Å². The summed E-state index contributed by atoms with van der Waals surface area (Å²) in [4.78, 5) is 4.27. The van der Waals surface area contributed by atoms with E-state index < -0.39 is 15.8 Å². The molecular formula is C13H15FN2O2S2. The topological polar surface area (TPSA) is 59.1 Å². The van der Waals surface area contributed by atoms with Crippen LogP contribution in [0.2, 0.25) is 0 Å². The number of aromatic nitrogens is 1. The average Bonchev–Trinajstić information content (AvgIpc) is 2.77. The molecule has 0 aliphatic rings. The Kier molecular flexibility index (Phi) is 3.84. The molecule has 0 bridgehead atoms. The Labute approximate surface area is 121 Å². The molecule has 0 radical (unpaired) electrons. The summed E-state index contributed by atoms with van der Waals surface area (Å²) in [5, 5.41) is 2.13. The normalized spacial score (nSPS) is 12.4. The van der Waals surface area contributed by atoms with Crippen LogP contribution in [-0.2, 0) is 15.4 Å². The van der Waals surface area contributed by atoms with Crippen molar-refractivity contribution in [3.8, 4) is 0 Å². The maximum absolute atomic E-state index is 12.8. The average molecular weight is 314 g/mol. The van der Waals surface area contributed by atoms with Crippen LogP contribution in [0.25, 0.3) is 0 Å². The predicted molar refractivity (Wildman–Crippen MR) is 78.0 cm³/mol. The molecule has 0 aliphatic heterocycles. The monoisotopic (exact) mass is 314 g/mol. The minimum atomic E-state index is -3.73. The lowest BCUT2D eigenvalue weighted by Crippen LogP contribution is -2.14. The predicted octanol–water partition coefficient (Wildman–Crippen LogP) is 3.38. The molecule has 7 heteroatoms. The molecule has 0 spiro atoms. The molecule has 4 nitrogen and oxygen atoms in total. The summed E-state index contributed by atoms with van der Waals surface area (Å²) >= 11 is 1.23. The first-order valence-electron chi connectivity index (χ1n) is 5.93. The molecule has 0 fully saturated rings. The second-order valence-electron chi connectivity index (χ2n) is 5.35. The molecule has 0 saturated carbocycles. The summed E-state index contributed by atoms with van der Waals surface area (Å²) in [7, 11) is -3.73. The molecule has 108 valence electrons. The maximum Gasteiger partial charge on any atom is 0.263 e. The van der Waals surface area contributed by atoms with Crippen LogP contribution in [0.15, 0.2) is 34.5 Å². The molecular weight excluding hydrogens is 299 g/mol. The van der Waals surface area contributed by atoms with E-state index in [2.05, 4.69) is 9.71 Å². The van der Waals surface area contributed by atoms with Crippen molar-refractivity contribution in [3.63, 3.8) is 0 Å². The Hall–Kier alpha value is -1.47. The zero-order valence-corrected chi connectivity index (χ0v) is 13.0. The number of rotatable bonds is 3. The number of anilines is 1. The van der Waals surface area contributed by atoms with E-state index in [1.54, 1.807) is 0 Å². The molecule has 1 aromatic carbocycles. The fourth-order valence-electron chi connectivity index (χ4n) is 1.45. The number of nitrogens with zero attached hydrogens (tertiary/aromatic N) is 1. The van der Waals surface area contributed by atoms with E-state index in [0.29, 0.717) is 5.13 Å². The molecule has 1 N–H and O–H groups in total. The van der Waals surface area contributed by atoms with Gasteiger partial charge in [0.25, 0.3) is 10.0 Å². The standard InChI is InChI=1S/C13H15FN2O2S2/c1-13(2,3)11-8-19-12(15-11)16-20(17,18)10-6-4-9(14)5-7-10/h4-8H,1-3H3,(H,15,16). The van der Waals surface area contributed by atoms with Gasteiger partial charge in [0.1, 0.15) is 5.82 Å². The first kappa shape index (κ1) is 14.9. The van der Waals surface area contributed by atoms with Gasteiger partial charge >= 0.3 is 0 Å². The van der Waals surface area contributed by atoms with Gasteiger partial charge in [-0.2, -0.15) is 0 Å². The van der Waals surface area contributed by atoms with Gasteiger partial charge < -0.3 is 0 Å². The van der Waals surface area contributed by atoms with Crippen LogP contribution in [0.5, 0.6) is 0 Å². The Bertz CT molecular complexity index is 701. The molecule has 0 aliphatic carbocycles. The van der Waals surface area contributed by atoms with Crippen molar-refractivity contribution >= 4 is 26.5 Å². The molecule has 0 amide bonds. The van der Waals surface area contributed by atoms with E-state index in [4.69, 9.17) is 0 Å². The summed E-state index contributed by atoms with van der Waals surface area (Å²) < 4.78 is 39.4. The van der Waals surface area contributed by atoms with E-state index in [0.717, 1.165) is 17.8 Å². The van der Waals surface area contributed by atoms with Gasteiger partial charge in [-0.3, -0.25) is 4.72 Å². The highest BCUT2D eigenvalue weighted by molar-refractivity contribution is 7.93. The van der Waals surface area contributed by atoms with Crippen LogP contribution in [0.1, 0.15) is 26.5 Å². The third-order valence-corrected chi connectivity index (χ3v) is 4.86. The molecule has 0 atom stereocenters. The quantitative estimate of drug-likeness (QED) is 0.945. The Morgan fingerprint density at radius 2 is 1.80 bits per heavy atom. The first-order valence-corrected chi connectivity index (χ1v) is 8.29.